The van der Waals surface area contributed by atoms with Gasteiger partial charge in [-0.25, -0.2) is 4.79 Å². The molecule has 4 nitrogen and oxygen atoms in total. The summed E-state index contributed by atoms with van der Waals surface area (Å²) < 4.78 is 6.24. The largest absolute Gasteiger partial charge is 0.451 e. The normalized spacial score (nSPS) is 53.1. The van der Waals surface area contributed by atoms with E-state index in [1.807, 2.05) is 0 Å². The highest BCUT2D eigenvalue weighted by Gasteiger charge is 2.79. The van der Waals surface area contributed by atoms with Gasteiger partial charge in [0, 0.05) is 17.4 Å². The zero-order valence-corrected chi connectivity index (χ0v) is 18.0. The number of carbonyl (C=O) groups is 1. The summed E-state index contributed by atoms with van der Waals surface area (Å²) in [6.45, 7) is 2.36. The molecule has 0 saturated heterocycles. The Morgan fingerprint density at radius 1 is 1.17 bits per heavy atom. The lowest BCUT2D eigenvalue weighted by atomic mass is 9.46. The number of hydrogen-bond acceptors (Lipinski definition) is 4. The average molecular weight is 408 g/mol. The molecule has 1 spiro atoms. The molecule has 0 N–H and O–H groups in total. The molecule has 0 radical (unpaired) electrons. The molecule has 6 aliphatic carbocycles. The summed E-state index contributed by atoms with van der Waals surface area (Å²) in [6.07, 6.45) is 15.8. The first-order valence-corrected chi connectivity index (χ1v) is 12.6. The van der Waals surface area contributed by atoms with Gasteiger partial charge in [-0.15, -0.1) is 0 Å². The third-order valence-electron chi connectivity index (χ3n) is 10.9. The first-order valence-electron chi connectivity index (χ1n) is 12.6. The van der Waals surface area contributed by atoms with Crippen molar-refractivity contribution in [1.29, 1.82) is 0 Å². The van der Waals surface area contributed by atoms with Crippen LogP contribution in [-0.2, 0) is 9.53 Å². The van der Waals surface area contributed by atoms with Gasteiger partial charge in [0.25, 0.3) is 0 Å². The van der Waals surface area contributed by atoms with Crippen molar-refractivity contribution in [2.45, 2.75) is 82.8 Å². The van der Waals surface area contributed by atoms with Crippen molar-refractivity contribution in [3.8, 4) is 0 Å². The number of allylic oxidation sites excluding steroid dienone is 1. The minimum Gasteiger partial charge on any atom is -0.451 e. The number of carbonyl (C=O) groups excluding carboxylic acids is 1. The number of nitrogens with zero attached hydrogens (tertiary/aromatic N) is 1. The highest BCUT2D eigenvalue weighted by Crippen LogP contribution is 2.79. The van der Waals surface area contributed by atoms with Crippen LogP contribution in [0.4, 0.5) is 0 Å². The lowest BCUT2D eigenvalue weighted by Gasteiger charge is -2.59. The minimum absolute atomic E-state index is 0.0177. The Labute approximate surface area is 178 Å². The number of fused-ring (bicyclic) bond motifs is 8. The van der Waals surface area contributed by atoms with Gasteiger partial charge >= 0.3 is 5.97 Å². The molecular weight excluding hydrogens is 374 g/mol. The number of ether oxygens (including phenoxy) is 1. The fourth-order valence-electron chi connectivity index (χ4n) is 9.76. The molecule has 7 rings (SSSR count). The van der Waals surface area contributed by atoms with Crippen molar-refractivity contribution < 1.29 is 9.53 Å². The van der Waals surface area contributed by atoms with Crippen LogP contribution >= 0.6 is 0 Å². The van der Waals surface area contributed by atoms with Gasteiger partial charge in [0.05, 0.1) is 6.04 Å². The summed E-state index contributed by atoms with van der Waals surface area (Å²) >= 11 is 0. The Bertz CT molecular complexity index is 887. The Hall–Kier alpha value is -1.45. The van der Waals surface area contributed by atoms with Crippen molar-refractivity contribution in [2.24, 2.45) is 52.0 Å². The molecule has 4 saturated carbocycles. The van der Waals surface area contributed by atoms with E-state index in [4.69, 9.17) is 4.74 Å². The van der Waals surface area contributed by atoms with Crippen molar-refractivity contribution in [1.82, 2.24) is 0 Å². The number of esters is 1. The van der Waals surface area contributed by atoms with Gasteiger partial charge in [-0.2, -0.15) is 4.91 Å². The van der Waals surface area contributed by atoms with Crippen LogP contribution in [0.5, 0.6) is 0 Å². The second kappa shape index (κ2) is 5.86. The van der Waals surface area contributed by atoms with Crippen LogP contribution in [0, 0.1) is 51.7 Å². The third-order valence-corrected chi connectivity index (χ3v) is 10.9. The lowest BCUT2D eigenvalue weighted by molar-refractivity contribution is -0.171. The highest BCUT2D eigenvalue weighted by atomic mass is 16.6. The van der Waals surface area contributed by atoms with Crippen LogP contribution in [0.25, 0.3) is 0 Å². The summed E-state index contributed by atoms with van der Waals surface area (Å²) in [5.41, 5.74) is 3.21. The summed E-state index contributed by atoms with van der Waals surface area (Å²) in [5, 5.41) is 3.44. The van der Waals surface area contributed by atoms with Crippen LogP contribution in [-0.4, -0.2) is 17.6 Å². The molecule has 30 heavy (non-hydrogen) atoms. The predicted molar refractivity (Wildman–Crippen MR) is 113 cm³/mol. The van der Waals surface area contributed by atoms with Gasteiger partial charge in [-0.05, 0) is 106 Å². The Morgan fingerprint density at radius 2 is 2.03 bits per heavy atom. The zero-order chi connectivity index (χ0) is 20.3. The second-order valence-corrected chi connectivity index (χ2v) is 11.6. The molecule has 7 aliphatic rings. The number of nitroso groups, excluding NO2 is 1. The quantitative estimate of drug-likeness (QED) is 0.349. The fourth-order valence-corrected chi connectivity index (χ4v) is 9.76. The standard InChI is InChI=1S/C26H33NO3/c1-2-25-9-7-18-17-6-5-16(27-29)11-15(17)12-19(14-3-4-14)23(18)24(25)20-13-21(20)26(25)10-8-22(28)30-26/h8,10,14,16,18-21,23-24H,2-7,9,11-13H2,1H3/t16?,18?,19?,20?,21?,23?,24?,25-,26-/m0/s1. The lowest BCUT2D eigenvalue weighted by Crippen LogP contribution is -2.57. The van der Waals surface area contributed by atoms with Gasteiger partial charge in [-0.3, -0.25) is 0 Å². The van der Waals surface area contributed by atoms with E-state index >= 15 is 0 Å². The molecule has 0 amide bonds. The molecule has 160 valence electrons. The predicted octanol–water partition coefficient (Wildman–Crippen LogP) is 5.57. The fraction of sp³-hybridized carbons (Fsp3) is 0.808. The zero-order valence-electron chi connectivity index (χ0n) is 18.0. The minimum atomic E-state index is -0.305. The smallest absolute Gasteiger partial charge is 0.331 e. The molecule has 0 aromatic carbocycles. The maximum atomic E-state index is 12.3. The van der Waals surface area contributed by atoms with Gasteiger partial charge < -0.3 is 4.74 Å². The van der Waals surface area contributed by atoms with Crippen molar-refractivity contribution in [3.05, 3.63) is 28.2 Å². The van der Waals surface area contributed by atoms with Gasteiger partial charge in [0.2, 0.25) is 0 Å². The summed E-state index contributed by atoms with van der Waals surface area (Å²) in [5.74, 6) is 5.08. The Balaban J connectivity index is 1.33. The maximum Gasteiger partial charge on any atom is 0.331 e. The van der Waals surface area contributed by atoms with E-state index < -0.39 is 0 Å². The molecule has 4 fully saturated rings. The SMILES string of the molecule is CC[C@]12CCC3C4=C(CC(N=O)CC4)CC(C4CC4)C3C1C1CC1[C@@]21C=CC(=O)O1. The molecule has 1 heterocycles. The molecular formula is C26H33NO3. The van der Waals surface area contributed by atoms with E-state index in [0.717, 1.165) is 49.4 Å². The van der Waals surface area contributed by atoms with Gasteiger partial charge in [-0.1, -0.05) is 23.2 Å². The van der Waals surface area contributed by atoms with Crippen molar-refractivity contribution in [2.75, 3.05) is 0 Å². The van der Waals surface area contributed by atoms with Crippen LogP contribution in [0.3, 0.4) is 0 Å². The van der Waals surface area contributed by atoms with Crippen LogP contribution < -0.4 is 0 Å². The third kappa shape index (κ3) is 2.07. The molecule has 9 atom stereocenters. The van der Waals surface area contributed by atoms with Gasteiger partial charge in [0.1, 0.15) is 5.60 Å². The first kappa shape index (κ1) is 18.2. The molecule has 4 heteroatoms. The number of rotatable bonds is 3. The molecule has 0 bridgehead atoms. The van der Waals surface area contributed by atoms with Gasteiger partial charge in [0.15, 0.2) is 0 Å². The van der Waals surface area contributed by atoms with Crippen LogP contribution in [0.15, 0.2) is 28.5 Å². The maximum absolute atomic E-state index is 12.3. The van der Waals surface area contributed by atoms with Crippen LogP contribution in [0.2, 0.25) is 0 Å². The van der Waals surface area contributed by atoms with E-state index in [1.165, 1.54) is 38.5 Å². The van der Waals surface area contributed by atoms with E-state index in [2.05, 4.69) is 18.2 Å². The molecule has 0 aromatic heterocycles. The van der Waals surface area contributed by atoms with E-state index in [0.29, 0.717) is 17.8 Å². The molecule has 1 aliphatic heterocycles. The van der Waals surface area contributed by atoms with Crippen molar-refractivity contribution >= 4 is 5.97 Å². The van der Waals surface area contributed by atoms with Crippen molar-refractivity contribution in [3.63, 3.8) is 0 Å². The Morgan fingerprint density at radius 3 is 2.73 bits per heavy atom. The average Bonchev–Trinajstić information content (AvgIpc) is 3.69. The number of hydrogen-bond donors (Lipinski definition) is 0. The van der Waals surface area contributed by atoms with E-state index in [-0.39, 0.29) is 23.0 Å². The monoisotopic (exact) mass is 407 g/mol. The summed E-state index contributed by atoms with van der Waals surface area (Å²) in [4.78, 5) is 23.5. The van der Waals surface area contributed by atoms with Crippen LogP contribution in [0.1, 0.15) is 71.1 Å². The van der Waals surface area contributed by atoms with E-state index in [1.54, 1.807) is 17.2 Å². The second-order valence-electron chi connectivity index (χ2n) is 11.6. The Kier molecular flexibility index (Phi) is 3.55. The van der Waals surface area contributed by atoms with E-state index in [9.17, 15) is 9.70 Å². The summed E-state index contributed by atoms with van der Waals surface area (Å²) in [7, 11) is 0. The first-order chi connectivity index (χ1) is 14.6. The topological polar surface area (TPSA) is 55.7 Å². The molecule has 0 aromatic rings. The molecule has 7 unspecified atom stereocenters. The summed E-state index contributed by atoms with van der Waals surface area (Å²) in [6, 6.07) is 0.0177. The highest BCUT2D eigenvalue weighted by molar-refractivity contribution is 5.86.